The molecule has 0 radical (unpaired) electrons. The summed E-state index contributed by atoms with van der Waals surface area (Å²) < 4.78 is 13.0. The van der Waals surface area contributed by atoms with E-state index in [0.717, 1.165) is 35.5 Å². The number of methoxy groups -OCH3 is 1. The van der Waals surface area contributed by atoms with E-state index in [-0.39, 0.29) is 12.0 Å². The monoisotopic (exact) mass is 448 g/mol. The highest BCUT2D eigenvalue weighted by Gasteiger charge is 2.38. The van der Waals surface area contributed by atoms with E-state index in [0.29, 0.717) is 30.0 Å². The third-order valence-electron chi connectivity index (χ3n) is 6.67. The van der Waals surface area contributed by atoms with Crippen LogP contribution in [0.5, 0.6) is 0 Å². The van der Waals surface area contributed by atoms with Gasteiger partial charge in [0.05, 0.1) is 30.9 Å². The van der Waals surface area contributed by atoms with Gasteiger partial charge in [-0.25, -0.2) is 4.79 Å². The van der Waals surface area contributed by atoms with Gasteiger partial charge in [0.25, 0.3) is 5.91 Å². The molecule has 174 valence electrons. The predicted molar refractivity (Wildman–Crippen MR) is 128 cm³/mol. The average Bonchev–Trinajstić information content (AvgIpc) is 3.44. The number of hydrogen-bond donors (Lipinski definition) is 0. The van der Waals surface area contributed by atoms with Gasteiger partial charge >= 0.3 is 5.97 Å². The molecule has 33 heavy (non-hydrogen) atoms. The molecule has 1 atom stereocenters. The first-order valence-corrected chi connectivity index (χ1v) is 11.4. The number of benzene rings is 1. The second-order valence-corrected chi connectivity index (χ2v) is 9.01. The molecule has 6 heteroatoms. The van der Waals surface area contributed by atoms with Gasteiger partial charge in [-0.15, -0.1) is 0 Å². The summed E-state index contributed by atoms with van der Waals surface area (Å²) in [5.74, 6) is -0.676. The van der Waals surface area contributed by atoms with Crippen LogP contribution >= 0.6 is 0 Å². The van der Waals surface area contributed by atoms with Gasteiger partial charge < -0.3 is 18.9 Å². The van der Waals surface area contributed by atoms with Crippen LogP contribution in [0.4, 0.5) is 0 Å². The molecule has 1 fully saturated rings. The summed E-state index contributed by atoms with van der Waals surface area (Å²) in [5, 5.41) is 0. The highest BCUT2D eigenvalue weighted by atomic mass is 16.5. The zero-order valence-electron chi connectivity index (χ0n) is 20.3. The fraction of sp³-hybridized carbons (Fsp3) is 0.407. The number of esters is 1. The molecule has 1 amide bonds. The van der Waals surface area contributed by atoms with Crippen molar-refractivity contribution in [1.29, 1.82) is 0 Å². The van der Waals surface area contributed by atoms with Crippen molar-refractivity contribution in [2.24, 2.45) is 0 Å². The van der Waals surface area contributed by atoms with E-state index in [1.165, 1.54) is 18.2 Å². The van der Waals surface area contributed by atoms with Crippen molar-refractivity contribution in [2.45, 2.75) is 53.6 Å². The van der Waals surface area contributed by atoms with E-state index in [9.17, 15) is 9.59 Å². The number of carbonyl (C=O) groups is 2. The number of aromatic nitrogens is 1. The van der Waals surface area contributed by atoms with E-state index < -0.39 is 5.97 Å². The predicted octanol–water partition coefficient (Wildman–Crippen LogP) is 4.56. The topological polar surface area (TPSA) is 60.8 Å². The summed E-state index contributed by atoms with van der Waals surface area (Å²) in [6.45, 7) is 11.2. The lowest BCUT2D eigenvalue weighted by Gasteiger charge is -2.21. The first-order valence-electron chi connectivity index (χ1n) is 11.4. The molecule has 0 aliphatic carbocycles. The van der Waals surface area contributed by atoms with Gasteiger partial charge in [-0.3, -0.25) is 4.79 Å². The van der Waals surface area contributed by atoms with Crippen LogP contribution in [0, 0.1) is 27.7 Å². The zero-order valence-corrected chi connectivity index (χ0v) is 20.3. The molecule has 0 unspecified atom stereocenters. The van der Waals surface area contributed by atoms with E-state index in [2.05, 4.69) is 49.6 Å². The van der Waals surface area contributed by atoms with Gasteiger partial charge in [0, 0.05) is 29.4 Å². The standard InChI is InChI=1S/C27H32N2O4/c1-16-9-10-24(17(2)12-16)29-18(3)13-21(19(29)4)14-23-25(27(31)32-6)20(5)28(26(23)30)15-22-8-7-11-33-22/h9-10,12-14,22H,7-8,11,15H2,1-6H3/b23-14-/t22-/m0/s1. The molecule has 6 nitrogen and oxygen atoms in total. The highest BCUT2D eigenvalue weighted by Crippen LogP contribution is 2.34. The van der Waals surface area contributed by atoms with Crippen molar-refractivity contribution in [1.82, 2.24) is 9.47 Å². The molecule has 1 aromatic heterocycles. The fourth-order valence-electron chi connectivity index (χ4n) is 4.96. The molecule has 0 saturated carbocycles. The zero-order chi connectivity index (χ0) is 23.9. The van der Waals surface area contributed by atoms with Crippen LogP contribution in [-0.2, 0) is 19.1 Å². The van der Waals surface area contributed by atoms with Gasteiger partial charge in [0.15, 0.2) is 0 Å². The van der Waals surface area contributed by atoms with E-state index in [1.54, 1.807) is 11.8 Å². The number of ether oxygens (including phenoxy) is 2. The maximum atomic E-state index is 13.4. The highest BCUT2D eigenvalue weighted by molar-refractivity contribution is 6.16. The van der Waals surface area contributed by atoms with E-state index in [4.69, 9.17) is 9.47 Å². The Bertz CT molecular complexity index is 1180. The van der Waals surface area contributed by atoms with Crippen molar-refractivity contribution in [2.75, 3.05) is 20.3 Å². The van der Waals surface area contributed by atoms with Crippen molar-refractivity contribution in [3.05, 3.63) is 69.2 Å². The molecule has 2 aliphatic heterocycles. The molecule has 2 aromatic rings. The van der Waals surface area contributed by atoms with Crippen molar-refractivity contribution in [3.8, 4) is 5.69 Å². The van der Waals surface area contributed by atoms with Crippen LogP contribution in [0.3, 0.4) is 0 Å². The third-order valence-corrected chi connectivity index (χ3v) is 6.67. The Labute approximate surface area is 195 Å². The summed E-state index contributed by atoms with van der Waals surface area (Å²) in [6, 6.07) is 8.44. The summed E-state index contributed by atoms with van der Waals surface area (Å²) in [6.07, 6.45) is 3.74. The Balaban J connectivity index is 1.77. The molecule has 4 rings (SSSR count). The normalized spacial score (nSPS) is 19.8. The molecule has 0 N–H and O–H groups in total. The lowest BCUT2D eigenvalue weighted by atomic mass is 10.0. The molecule has 1 aromatic carbocycles. The molecular weight excluding hydrogens is 416 g/mol. The SMILES string of the molecule is COC(=O)C1=C(C)N(C[C@@H]2CCCO2)C(=O)/C1=C\c1cc(C)n(-c2ccc(C)cc2C)c1C. The smallest absolute Gasteiger partial charge is 0.340 e. The van der Waals surface area contributed by atoms with E-state index in [1.807, 2.05) is 13.0 Å². The van der Waals surface area contributed by atoms with Crippen molar-refractivity contribution < 1.29 is 19.1 Å². The van der Waals surface area contributed by atoms with Gasteiger partial charge in [-0.05, 0) is 76.8 Å². The first kappa shape index (κ1) is 23.1. The summed E-state index contributed by atoms with van der Waals surface area (Å²) in [4.78, 5) is 27.8. The Kier molecular flexibility index (Phi) is 6.30. The molecular formula is C27H32N2O4. The Hall–Kier alpha value is -3.12. The second-order valence-electron chi connectivity index (χ2n) is 9.01. The van der Waals surface area contributed by atoms with Crippen LogP contribution in [0.15, 0.2) is 41.1 Å². The Morgan fingerprint density at radius 3 is 2.58 bits per heavy atom. The minimum absolute atomic E-state index is 0.00303. The number of allylic oxidation sites excluding steroid dienone is 1. The summed E-state index contributed by atoms with van der Waals surface area (Å²) in [7, 11) is 1.35. The number of rotatable bonds is 5. The number of carbonyl (C=O) groups excluding carboxylic acids is 2. The first-order chi connectivity index (χ1) is 15.7. The van der Waals surface area contributed by atoms with Crippen LogP contribution in [0.1, 0.15) is 47.8 Å². The number of nitrogens with zero attached hydrogens (tertiary/aromatic N) is 2. The maximum Gasteiger partial charge on any atom is 0.340 e. The van der Waals surface area contributed by atoms with Gasteiger partial charge in [0.1, 0.15) is 0 Å². The quantitative estimate of drug-likeness (QED) is 0.497. The Morgan fingerprint density at radius 2 is 1.94 bits per heavy atom. The Morgan fingerprint density at radius 1 is 1.18 bits per heavy atom. The minimum Gasteiger partial charge on any atom is -0.465 e. The average molecular weight is 449 g/mol. The molecule has 1 saturated heterocycles. The number of aryl methyl sites for hydroxylation is 3. The molecule has 2 aliphatic rings. The van der Waals surface area contributed by atoms with Crippen LogP contribution in [0.2, 0.25) is 0 Å². The maximum absolute atomic E-state index is 13.4. The molecule has 3 heterocycles. The summed E-state index contributed by atoms with van der Waals surface area (Å²) >= 11 is 0. The molecule has 0 bridgehead atoms. The van der Waals surface area contributed by atoms with Gasteiger partial charge in [-0.2, -0.15) is 0 Å². The lowest BCUT2D eigenvalue weighted by Crippen LogP contribution is -2.33. The van der Waals surface area contributed by atoms with Crippen molar-refractivity contribution >= 4 is 18.0 Å². The van der Waals surface area contributed by atoms with Crippen LogP contribution < -0.4 is 0 Å². The van der Waals surface area contributed by atoms with Gasteiger partial charge in [0.2, 0.25) is 0 Å². The van der Waals surface area contributed by atoms with Gasteiger partial charge in [-0.1, -0.05) is 17.7 Å². The number of hydrogen-bond acceptors (Lipinski definition) is 4. The van der Waals surface area contributed by atoms with E-state index >= 15 is 0 Å². The number of amides is 1. The van der Waals surface area contributed by atoms with Crippen LogP contribution in [0.25, 0.3) is 11.8 Å². The van der Waals surface area contributed by atoms with Crippen LogP contribution in [-0.4, -0.2) is 47.7 Å². The van der Waals surface area contributed by atoms with Crippen molar-refractivity contribution in [3.63, 3.8) is 0 Å². The largest absolute Gasteiger partial charge is 0.465 e. The molecule has 0 spiro atoms. The lowest BCUT2D eigenvalue weighted by molar-refractivity contribution is -0.136. The summed E-state index contributed by atoms with van der Waals surface area (Å²) in [5.41, 5.74) is 7.81. The third kappa shape index (κ3) is 4.15. The fourth-order valence-corrected chi connectivity index (χ4v) is 4.96. The second kappa shape index (κ2) is 9.02. The minimum atomic E-state index is -0.495.